The van der Waals surface area contributed by atoms with Gasteiger partial charge in [0.1, 0.15) is 0 Å². The summed E-state index contributed by atoms with van der Waals surface area (Å²) in [6, 6.07) is 0. The minimum atomic E-state index is -0.900. The lowest BCUT2D eigenvalue weighted by Crippen LogP contribution is -2.54. The van der Waals surface area contributed by atoms with Crippen molar-refractivity contribution in [1.29, 1.82) is 0 Å². The van der Waals surface area contributed by atoms with E-state index in [4.69, 9.17) is 14.2 Å². The summed E-state index contributed by atoms with van der Waals surface area (Å²) in [5, 5.41) is 9.95. The van der Waals surface area contributed by atoms with Crippen LogP contribution in [0.2, 0.25) is 0 Å². The molecule has 0 radical (unpaired) electrons. The molecule has 1 N–H and O–H groups in total. The predicted octanol–water partition coefficient (Wildman–Crippen LogP) is 3.20. The molecule has 1 spiro atoms. The first kappa shape index (κ1) is 18.9. The lowest BCUT2D eigenvalue weighted by atomic mass is 9.70. The molecule has 7 atom stereocenters. The Hall–Kier alpha value is -0.910. The summed E-state index contributed by atoms with van der Waals surface area (Å²) in [5.41, 5.74) is -0.220. The minimum Gasteiger partial charge on any atom is -0.453 e. The average molecular weight is 352 g/mol. The summed E-state index contributed by atoms with van der Waals surface area (Å²) in [5.74, 6) is -1.29. The first-order chi connectivity index (χ1) is 11.5. The third kappa shape index (κ3) is 2.35. The Kier molecular flexibility index (Phi) is 4.37. The van der Waals surface area contributed by atoms with Crippen LogP contribution in [0.4, 0.5) is 0 Å². The molecule has 2 aliphatic carbocycles. The van der Waals surface area contributed by atoms with Crippen LogP contribution in [0.1, 0.15) is 60.8 Å². The van der Waals surface area contributed by atoms with Crippen LogP contribution >= 0.6 is 0 Å². The summed E-state index contributed by atoms with van der Waals surface area (Å²) < 4.78 is 18.6. The third-order valence-electron chi connectivity index (χ3n) is 7.40. The number of aliphatic hydroxyl groups excluding tert-OH is 1. The predicted molar refractivity (Wildman–Crippen MR) is 93.8 cm³/mol. The van der Waals surface area contributed by atoms with Gasteiger partial charge in [0.25, 0.3) is 0 Å². The van der Waals surface area contributed by atoms with Crippen molar-refractivity contribution in [3.8, 4) is 0 Å². The molecule has 2 bridgehead atoms. The van der Waals surface area contributed by atoms with Gasteiger partial charge in [-0.25, -0.2) is 4.79 Å². The van der Waals surface area contributed by atoms with E-state index in [0.29, 0.717) is 6.42 Å². The first-order valence-corrected chi connectivity index (χ1v) is 9.44. The molecule has 0 amide bonds. The highest BCUT2D eigenvalue weighted by Gasteiger charge is 2.78. The quantitative estimate of drug-likeness (QED) is 0.622. The van der Waals surface area contributed by atoms with E-state index in [1.807, 2.05) is 13.8 Å². The lowest BCUT2D eigenvalue weighted by molar-refractivity contribution is -0.270. The van der Waals surface area contributed by atoms with Crippen LogP contribution in [-0.4, -0.2) is 41.3 Å². The van der Waals surface area contributed by atoms with Crippen LogP contribution in [0.3, 0.4) is 0 Å². The number of esters is 1. The third-order valence-corrected chi connectivity index (χ3v) is 7.40. The molecular formula is C20H32O5. The summed E-state index contributed by atoms with van der Waals surface area (Å²) in [4.78, 5) is 12.6. The van der Waals surface area contributed by atoms with E-state index in [9.17, 15) is 9.90 Å². The maximum atomic E-state index is 12.6. The number of rotatable bonds is 4. The van der Waals surface area contributed by atoms with E-state index in [0.717, 1.165) is 12.8 Å². The second-order valence-electron chi connectivity index (χ2n) is 8.83. The molecular weight excluding hydrogens is 320 g/mol. The SMILES string of the molecule is C=C(C(=O)O[C@@H]1C2(O[C@@H](C)[C@@H](C)O2)[C@H]2CC[C@]1(C)C2(C)C)C(O)CC. The Bertz CT molecular complexity index is 573. The monoisotopic (exact) mass is 352 g/mol. The standard InChI is InChI=1S/C20H32O5/c1-8-14(21)11(2)16(22)23-17-19(7)10-9-15(18(19,5)6)20(17)24-12(3)13(4)25-20/h12-15,17,21H,2,8-10H2,1,3-7H3/t12-,13+,14?,15-,17-,19-,20?/m0/s1. The first-order valence-electron chi connectivity index (χ1n) is 9.44. The molecule has 2 unspecified atom stereocenters. The average Bonchev–Trinajstić information content (AvgIpc) is 3.01. The van der Waals surface area contributed by atoms with Gasteiger partial charge in [-0.05, 0) is 38.5 Å². The van der Waals surface area contributed by atoms with Crippen molar-refractivity contribution in [2.45, 2.75) is 91.0 Å². The number of ether oxygens (including phenoxy) is 3. The molecule has 5 heteroatoms. The highest BCUT2D eigenvalue weighted by Crippen LogP contribution is 2.72. The van der Waals surface area contributed by atoms with Gasteiger partial charge >= 0.3 is 5.97 Å². The number of carbonyl (C=O) groups is 1. The molecule has 3 fully saturated rings. The van der Waals surface area contributed by atoms with Crippen molar-refractivity contribution < 1.29 is 24.1 Å². The van der Waals surface area contributed by atoms with Crippen LogP contribution in [-0.2, 0) is 19.0 Å². The van der Waals surface area contributed by atoms with Crippen LogP contribution in [0.25, 0.3) is 0 Å². The zero-order valence-corrected chi connectivity index (χ0v) is 16.3. The van der Waals surface area contributed by atoms with Gasteiger partial charge in [0, 0.05) is 11.3 Å². The lowest BCUT2D eigenvalue weighted by Gasteiger charge is -2.42. The number of fused-ring (bicyclic) bond motifs is 3. The summed E-state index contributed by atoms with van der Waals surface area (Å²) in [7, 11) is 0. The molecule has 1 aliphatic heterocycles. The van der Waals surface area contributed by atoms with E-state index >= 15 is 0 Å². The number of carbonyl (C=O) groups excluding carboxylic acids is 1. The largest absolute Gasteiger partial charge is 0.453 e. The normalized spacial score (nSPS) is 45.7. The van der Waals surface area contributed by atoms with E-state index in [2.05, 4.69) is 27.4 Å². The Morgan fingerprint density at radius 1 is 1.28 bits per heavy atom. The number of aliphatic hydroxyl groups is 1. The van der Waals surface area contributed by atoms with Crippen molar-refractivity contribution in [1.82, 2.24) is 0 Å². The van der Waals surface area contributed by atoms with Crippen LogP contribution in [0, 0.1) is 16.7 Å². The fraction of sp³-hybridized carbons (Fsp3) is 0.850. The fourth-order valence-corrected chi connectivity index (χ4v) is 5.19. The van der Waals surface area contributed by atoms with E-state index in [-0.39, 0.29) is 34.5 Å². The molecule has 2 saturated carbocycles. The maximum absolute atomic E-state index is 12.6. The highest BCUT2D eigenvalue weighted by atomic mass is 16.8. The molecule has 1 saturated heterocycles. The minimum absolute atomic E-state index is 0.0515. The smallest absolute Gasteiger partial charge is 0.336 e. The molecule has 5 nitrogen and oxygen atoms in total. The van der Waals surface area contributed by atoms with Crippen LogP contribution in [0.5, 0.6) is 0 Å². The van der Waals surface area contributed by atoms with Gasteiger partial charge in [-0.1, -0.05) is 34.3 Å². The summed E-state index contributed by atoms with van der Waals surface area (Å²) >= 11 is 0. The molecule has 3 aliphatic rings. The van der Waals surface area contributed by atoms with Gasteiger partial charge in [0.2, 0.25) is 5.79 Å². The van der Waals surface area contributed by atoms with Gasteiger partial charge in [0.15, 0.2) is 6.10 Å². The van der Waals surface area contributed by atoms with Gasteiger partial charge in [0.05, 0.1) is 23.9 Å². The fourth-order valence-electron chi connectivity index (χ4n) is 5.19. The molecule has 142 valence electrons. The second kappa shape index (κ2) is 5.80. The topological polar surface area (TPSA) is 65.0 Å². The maximum Gasteiger partial charge on any atom is 0.336 e. The number of hydrogen-bond donors (Lipinski definition) is 1. The molecule has 1 heterocycles. The molecule has 3 rings (SSSR count). The van der Waals surface area contributed by atoms with E-state index < -0.39 is 24.0 Å². The van der Waals surface area contributed by atoms with Gasteiger partial charge in [-0.2, -0.15) is 0 Å². The van der Waals surface area contributed by atoms with Crippen molar-refractivity contribution in [3.63, 3.8) is 0 Å². The van der Waals surface area contributed by atoms with Gasteiger partial charge in [-0.15, -0.1) is 0 Å². The van der Waals surface area contributed by atoms with Crippen LogP contribution in [0.15, 0.2) is 12.2 Å². The van der Waals surface area contributed by atoms with Crippen molar-refractivity contribution in [3.05, 3.63) is 12.2 Å². The zero-order valence-electron chi connectivity index (χ0n) is 16.3. The number of hydrogen-bond acceptors (Lipinski definition) is 5. The van der Waals surface area contributed by atoms with Crippen molar-refractivity contribution in [2.75, 3.05) is 0 Å². The van der Waals surface area contributed by atoms with Gasteiger partial charge < -0.3 is 19.3 Å². The Morgan fingerprint density at radius 3 is 2.36 bits per heavy atom. The molecule has 25 heavy (non-hydrogen) atoms. The molecule has 0 aromatic heterocycles. The van der Waals surface area contributed by atoms with E-state index in [1.165, 1.54) is 0 Å². The summed E-state index contributed by atoms with van der Waals surface area (Å²) in [6.07, 6.45) is 0.892. The van der Waals surface area contributed by atoms with Gasteiger partial charge in [-0.3, -0.25) is 0 Å². The molecule has 0 aromatic rings. The van der Waals surface area contributed by atoms with Crippen LogP contribution < -0.4 is 0 Å². The second-order valence-corrected chi connectivity index (χ2v) is 8.83. The highest BCUT2D eigenvalue weighted by molar-refractivity contribution is 5.89. The Labute approximate surface area is 150 Å². The van der Waals surface area contributed by atoms with E-state index in [1.54, 1.807) is 6.92 Å². The zero-order chi connectivity index (χ0) is 18.8. The van der Waals surface area contributed by atoms with Crippen molar-refractivity contribution in [2.24, 2.45) is 16.7 Å². The van der Waals surface area contributed by atoms with Crippen molar-refractivity contribution >= 4 is 5.97 Å². The summed E-state index contributed by atoms with van der Waals surface area (Å²) in [6.45, 7) is 16.1. The Balaban J connectivity index is 1.95. The Morgan fingerprint density at radius 2 is 1.84 bits per heavy atom. The molecule has 0 aromatic carbocycles.